The van der Waals surface area contributed by atoms with Crippen LogP contribution in [0, 0.1) is 0 Å². The van der Waals surface area contributed by atoms with Crippen LogP contribution in [-0.4, -0.2) is 17.9 Å². The Morgan fingerprint density at radius 3 is 1.87 bits per heavy atom. The van der Waals surface area contributed by atoms with E-state index in [0.29, 0.717) is 23.5 Å². The number of esters is 1. The van der Waals surface area contributed by atoms with E-state index in [2.05, 4.69) is 0 Å². The first-order chi connectivity index (χ1) is 14.5. The molecule has 6 heteroatoms. The van der Waals surface area contributed by atoms with Crippen molar-refractivity contribution >= 4 is 5.97 Å². The zero-order valence-electron chi connectivity index (χ0n) is 16.3. The van der Waals surface area contributed by atoms with Crippen LogP contribution >= 0.6 is 0 Å². The summed E-state index contributed by atoms with van der Waals surface area (Å²) >= 11 is 0. The van der Waals surface area contributed by atoms with Crippen molar-refractivity contribution in [2.75, 3.05) is 0 Å². The Labute approximate surface area is 174 Å². The predicted octanol–water partition coefficient (Wildman–Crippen LogP) is 4.51. The molecule has 156 valence electrons. The van der Waals surface area contributed by atoms with Crippen LogP contribution in [0.25, 0.3) is 0 Å². The topological polar surface area (TPSA) is 61.5 Å². The summed E-state index contributed by atoms with van der Waals surface area (Å²) in [6.07, 6.45) is -3.42. The van der Waals surface area contributed by atoms with Gasteiger partial charge in [-0.15, -0.1) is 0 Å². The molecule has 3 aromatic carbocycles. The third-order valence-electron chi connectivity index (χ3n) is 4.65. The number of halogens is 2. The standard InChI is InChI=1S/C24H23F2NO3/c25-22(26)24(27,23(28)30-17-20-9-5-2-6-10-20)15-18-11-13-21(14-12-18)29-16-19-7-3-1-4-8-19/h1-14,22H,15-17,27H2. The largest absolute Gasteiger partial charge is 0.489 e. The summed E-state index contributed by atoms with van der Waals surface area (Å²) in [4.78, 5) is 12.4. The summed E-state index contributed by atoms with van der Waals surface area (Å²) in [5.41, 5.74) is 5.57. The van der Waals surface area contributed by atoms with E-state index in [1.165, 1.54) is 0 Å². The van der Waals surface area contributed by atoms with Crippen molar-refractivity contribution in [3.63, 3.8) is 0 Å². The van der Waals surface area contributed by atoms with Gasteiger partial charge in [-0.1, -0.05) is 72.8 Å². The third-order valence-corrected chi connectivity index (χ3v) is 4.65. The zero-order chi connectivity index (χ0) is 21.4. The number of hydrogen-bond donors (Lipinski definition) is 1. The Morgan fingerprint density at radius 2 is 1.33 bits per heavy atom. The number of benzene rings is 3. The van der Waals surface area contributed by atoms with Crippen molar-refractivity contribution in [1.29, 1.82) is 0 Å². The van der Waals surface area contributed by atoms with Crippen LogP contribution < -0.4 is 10.5 Å². The Morgan fingerprint density at radius 1 is 0.800 bits per heavy atom. The Balaban J connectivity index is 1.61. The first-order valence-electron chi connectivity index (χ1n) is 9.51. The molecular formula is C24H23F2NO3. The smallest absolute Gasteiger partial charge is 0.332 e. The van der Waals surface area contributed by atoms with Crippen molar-refractivity contribution in [2.45, 2.75) is 31.6 Å². The summed E-state index contributed by atoms with van der Waals surface area (Å²) in [7, 11) is 0. The normalized spacial score (nSPS) is 12.9. The maximum absolute atomic E-state index is 13.7. The highest BCUT2D eigenvalue weighted by molar-refractivity contribution is 5.81. The molecule has 0 aliphatic rings. The Bertz CT molecular complexity index is 934. The fourth-order valence-electron chi connectivity index (χ4n) is 2.88. The van der Waals surface area contributed by atoms with Crippen LogP contribution in [0.2, 0.25) is 0 Å². The molecule has 0 heterocycles. The lowest BCUT2D eigenvalue weighted by Gasteiger charge is -2.26. The molecule has 0 amide bonds. The van der Waals surface area contributed by atoms with Gasteiger partial charge in [0.1, 0.15) is 19.0 Å². The molecule has 0 spiro atoms. The fraction of sp³-hybridized carbons (Fsp3) is 0.208. The van der Waals surface area contributed by atoms with Gasteiger partial charge in [-0.2, -0.15) is 0 Å². The van der Waals surface area contributed by atoms with Crippen molar-refractivity contribution in [3.8, 4) is 5.75 Å². The van der Waals surface area contributed by atoms with Crippen LogP contribution in [0.4, 0.5) is 8.78 Å². The van der Waals surface area contributed by atoms with Gasteiger partial charge in [0, 0.05) is 6.42 Å². The van der Waals surface area contributed by atoms with E-state index in [9.17, 15) is 13.6 Å². The second-order valence-electron chi connectivity index (χ2n) is 7.00. The highest BCUT2D eigenvalue weighted by Gasteiger charge is 2.45. The quantitative estimate of drug-likeness (QED) is 0.526. The van der Waals surface area contributed by atoms with Crippen LogP contribution in [0.3, 0.4) is 0 Å². The number of ether oxygens (including phenoxy) is 2. The van der Waals surface area contributed by atoms with Gasteiger partial charge in [0.2, 0.25) is 0 Å². The number of carbonyl (C=O) groups excluding carboxylic acids is 1. The summed E-state index contributed by atoms with van der Waals surface area (Å²) in [5.74, 6) is -0.542. The SMILES string of the molecule is NC(Cc1ccc(OCc2ccccc2)cc1)(C(=O)OCc1ccccc1)C(F)F. The lowest BCUT2D eigenvalue weighted by Crippen LogP contribution is -2.56. The highest BCUT2D eigenvalue weighted by Crippen LogP contribution is 2.23. The fourth-order valence-corrected chi connectivity index (χ4v) is 2.88. The minimum atomic E-state index is -3.07. The van der Waals surface area contributed by atoms with Gasteiger partial charge in [-0.25, -0.2) is 13.6 Å². The first-order valence-corrected chi connectivity index (χ1v) is 9.51. The molecule has 30 heavy (non-hydrogen) atoms. The predicted molar refractivity (Wildman–Crippen MR) is 110 cm³/mol. The number of rotatable bonds is 9. The molecule has 0 saturated heterocycles. The van der Waals surface area contributed by atoms with Gasteiger partial charge in [-0.05, 0) is 28.8 Å². The molecule has 0 saturated carbocycles. The van der Waals surface area contributed by atoms with Gasteiger partial charge >= 0.3 is 5.97 Å². The molecule has 0 aliphatic carbocycles. The molecule has 0 radical (unpaired) electrons. The number of alkyl halides is 2. The molecule has 0 aromatic heterocycles. The Hall–Kier alpha value is -3.25. The average molecular weight is 411 g/mol. The molecule has 1 unspecified atom stereocenters. The molecule has 0 aliphatic heterocycles. The van der Waals surface area contributed by atoms with E-state index >= 15 is 0 Å². The molecular weight excluding hydrogens is 388 g/mol. The van der Waals surface area contributed by atoms with E-state index in [4.69, 9.17) is 15.2 Å². The van der Waals surface area contributed by atoms with Gasteiger partial charge in [0.05, 0.1) is 0 Å². The average Bonchev–Trinajstić information content (AvgIpc) is 2.78. The monoisotopic (exact) mass is 411 g/mol. The van der Waals surface area contributed by atoms with Crippen LogP contribution in [0.5, 0.6) is 5.75 Å². The molecule has 3 rings (SSSR count). The first kappa shape index (κ1) is 21.5. The molecule has 0 bridgehead atoms. The summed E-state index contributed by atoms with van der Waals surface area (Å²) in [6.45, 7) is 0.279. The zero-order valence-corrected chi connectivity index (χ0v) is 16.3. The minimum Gasteiger partial charge on any atom is -0.489 e. The Kier molecular flexibility index (Phi) is 7.14. The number of hydrogen-bond acceptors (Lipinski definition) is 4. The maximum Gasteiger partial charge on any atom is 0.332 e. The van der Waals surface area contributed by atoms with Crippen LogP contribution in [0.1, 0.15) is 16.7 Å². The van der Waals surface area contributed by atoms with Gasteiger partial charge < -0.3 is 15.2 Å². The van der Waals surface area contributed by atoms with E-state index in [1.54, 1.807) is 48.5 Å². The maximum atomic E-state index is 13.7. The van der Waals surface area contributed by atoms with E-state index in [-0.39, 0.29) is 13.0 Å². The minimum absolute atomic E-state index is 0.113. The molecule has 0 fully saturated rings. The van der Waals surface area contributed by atoms with E-state index < -0.39 is 17.9 Å². The van der Waals surface area contributed by atoms with Crippen molar-refractivity contribution < 1.29 is 23.0 Å². The highest BCUT2D eigenvalue weighted by atomic mass is 19.3. The lowest BCUT2D eigenvalue weighted by atomic mass is 9.92. The summed E-state index contributed by atoms with van der Waals surface area (Å²) in [5, 5.41) is 0. The van der Waals surface area contributed by atoms with Crippen molar-refractivity contribution in [1.82, 2.24) is 0 Å². The van der Waals surface area contributed by atoms with Gasteiger partial charge in [0.25, 0.3) is 6.43 Å². The van der Waals surface area contributed by atoms with Crippen LogP contribution in [-0.2, 0) is 29.2 Å². The molecule has 3 aromatic rings. The molecule has 2 N–H and O–H groups in total. The number of nitrogens with two attached hydrogens (primary N) is 1. The van der Waals surface area contributed by atoms with Gasteiger partial charge in [-0.3, -0.25) is 0 Å². The summed E-state index contributed by atoms with van der Waals surface area (Å²) in [6, 6.07) is 25.1. The number of carbonyl (C=O) groups is 1. The molecule has 4 nitrogen and oxygen atoms in total. The lowest BCUT2D eigenvalue weighted by molar-refractivity contribution is -0.158. The van der Waals surface area contributed by atoms with Crippen LogP contribution in [0.15, 0.2) is 84.9 Å². The second kappa shape index (κ2) is 9.98. The van der Waals surface area contributed by atoms with E-state index in [0.717, 1.165) is 5.56 Å². The van der Waals surface area contributed by atoms with Crippen molar-refractivity contribution in [3.05, 3.63) is 102 Å². The second-order valence-corrected chi connectivity index (χ2v) is 7.00. The molecule has 1 atom stereocenters. The van der Waals surface area contributed by atoms with Gasteiger partial charge in [0.15, 0.2) is 5.54 Å². The van der Waals surface area contributed by atoms with Crippen molar-refractivity contribution in [2.24, 2.45) is 5.73 Å². The third kappa shape index (κ3) is 5.64. The van der Waals surface area contributed by atoms with E-state index in [1.807, 2.05) is 36.4 Å². The summed E-state index contributed by atoms with van der Waals surface area (Å²) < 4.78 is 38.1.